The fraction of sp³-hybridized carbons (Fsp3) is 0.375. The Bertz CT molecular complexity index is 621. The van der Waals surface area contributed by atoms with E-state index in [1.165, 1.54) is 11.6 Å². The van der Waals surface area contributed by atoms with Crippen molar-refractivity contribution in [1.82, 2.24) is 19.5 Å². The molecule has 2 heterocycles. The van der Waals surface area contributed by atoms with Crippen molar-refractivity contribution in [2.75, 3.05) is 18.4 Å². The Kier molecular flexibility index (Phi) is 2.49. The van der Waals surface area contributed by atoms with Gasteiger partial charge in [0.25, 0.3) is 5.56 Å². The first-order valence-corrected chi connectivity index (χ1v) is 4.76. The first-order valence-electron chi connectivity index (χ1n) is 4.76. The standard InChI is InChI=1S/C8H12N6O2/c1-14-5-4(6(15)13-8(14)16)11-7(12-5)10-3-2-9/h2-3,9H2,1H3,(H2,10,11,12)(H,13,15,16). The summed E-state index contributed by atoms with van der Waals surface area (Å²) in [6.45, 7) is 0.984. The van der Waals surface area contributed by atoms with E-state index >= 15 is 0 Å². The molecular formula is C8H12N6O2. The van der Waals surface area contributed by atoms with Gasteiger partial charge in [0.1, 0.15) is 0 Å². The summed E-state index contributed by atoms with van der Waals surface area (Å²) >= 11 is 0. The molecule has 86 valence electrons. The van der Waals surface area contributed by atoms with Crippen LogP contribution < -0.4 is 22.3 Å². The molecule has 0 aliphatic heterocycles. The molecule has 0 amide bonds. The Balaban J connectivity index is 2.61. The molecule has 0 atom stereocenters. The van der Waals surface area contributed by atoms with Crippen molar-refractivity contribution >= 4 is 17.1 Å². The van der Waals surface area contributed by atoms with Gasteiger partial charge in [-0.05, 0) is 0 Å². The van der Waals surface area contributed by atoms with Gasteiger partial charge in [0.05, 0.1) is 0 Å². The van der Waals surface area contributed by atoms with E-state index in [2.05, 4.69) is 20.3 Å². The molecule has 0 saturated heterocycles. The smallest absolute Gasteiger partial charge is 0.329 e. The average molecular weight is 224 g/mol. The highest BCUT2D eigenvalue weighted by molar-refractivity contribution is 5.72. The highest BCUT2D eigenvalue weighted by Crippen LogP contribution is 2.06. The van der Waals surface area contributed by atoms with E-state index in [0.717, 1.165) is 0 Å². The van der Waals surface area contributed by atoms with Crippen molar-refractivity contribution < 1.29 is 0 Å². The molecule has 2 aromatic rings. The van der Waals surface area contributed by atoms with E-state index in [0.29, 0.717) is 24.7 Å². The number of rotatable bonds is 3. The summed E-state index contributed by atoms with van der Waals surface area (Å²) in [6.07, 6.45) is 0. The second-order valence-corrected chi connectivity index (χ2v) is 3.32. The number of nitrogens with zero attached hydrogens (tertiary/aromatic N) is 2. The van der Waals surface area contributed by atoms with Gasteiger partial charge in [0, 0.05) is 20.1 Å². The molecule has 0 aromatic carbocycles. The van der Waals surface area contributed by atoms with E-state index in [4.69, 9.17) is 5.73 Å². The fourth-order valence-electron chi connectivity index (χ4n) is 1.38. The van der Waals surface area contributed by atoms with Crippen LogP contribution in [0.25, 0.3) is 11.2 Å². The minimum Gasteiger partial charge on any atom is -0.354 e. The molecule has 5 N–H and O–H groups in total. The normalized spacial score (nSPS) is 10.9. The number of aromatic amines is 2. The molecule has 2 aromatic heterocycles. The van der Waals surface area contributed by atoms with E-state index in [1.54, 1.807) is 0 Å². The van der Waals surface area contributed by atoms with Gasteiger partial charge in [0.2, 0.25) is 5.95 Å². The summed E-state index contributed by atoms with van der Waals surface area (Å²) < 4.78 is 1.26. The van der Waals surface area contributed by atoms with Gasteiger partial charge < -0.3 is 16.0 Å². The lowest BCUT2D eigenvalue weighted by atomic mass is 10.5. The molecule has 0 bridgehead atoms. The number of anilines is 1. The predicted molar refractivity (Wildman–Crippen MR) is 59.5 cm³/mol. The number of fused-ring (bicyclic) bond motifs is 1. The van der Waals surface area contributed by atoms with E-state index in [9.17, 15) is 9.59 Å². The number of H-pyrrole nitrogens is 2. The van der Waals surface area contributed by atoms with Crippen LogP contribution in [0, 0.1) is 0 Å². The van der Waals surface area contributed by atoms with Crippen LogP contribution in [0.5, 0.6) is 0 Å². The Labute approximate surface area is 89.5 Å². The van der Waals surface area contributed by atoms with Gasteiger partial charge in [-0.3, -0.25) is 14.3 Å². The number of aromatic nitrogens is 4. The number of nitrogens with two attached hydrogens (primary N) is 1. The zero-order chi connectivity index (χ0) is 11.7. The molecule has 0 aliphatic carbocycles. The Hall–Kier alpha value is -2.09. The number of aryl methyl sites for hydroxylation is 1. The molecule has 0 spiro atoms. The molecular weight excluding hydrogens is 212 g/mol. The van der Waals surface area contributed by atoms with Crippen molar-refractivity contribution in [3.05, 3.63) is 20.8 Å². The van der Waals surface area contributed by atoms with E-state index in [-0.39, 0.29) is 5.52 Å². The van der Waals surface area contributed by atoms with Crippen molar-refractivity contribution in [2.45, 2.75) is 0 Å². The lowest BCUT2D eigenvalue weighted by Crippen LogP contribution is -2.28. The van der Waals surface area contributed by atoms with Crippen LogP contribution in [-0.4, -0.2) is 32.6 Å². The zero-order valence-corrected chi connectivity index (χ0v) is 8.70. The third-order valence-corrected chi connectivity index (χ3v) is 2.19. The average Bonchev–Trinajstić information content (AvgIpc) is 2.68. The van der Waals surface area contributed by atoms with Crippen LogP contribution in [0.4, 0.5) is 5.95 Å². The number of imidazole rings is 1. The highest BCUT2D eigenvalue weighted by atomic mass is 16.2. The second-order valence-electron chi connectivity index (χ2n) is 3.32. The molecule has 8 nitrogen and oxygen atoms in total. The number of hydrogen-bond acceptors (Lipinski definition) is 5. The molecule has 16 heavy (non-hydrogen) atoms. The topological polar surface area (TPSA) is 122 Å². The number of nitrogens with one attached hydrogen (secondary N) is 3. The minimum atomic E-state index is -0.491. The molecule has 0 radical (unpaired) electrons. The van der Waals surface area contributed by atoms with Crippen LogP contribution in [0.1, 0.15) is 0 Å². The Morgan fingerprint density at radius 2 is 2.19 bits per heavy atom. The summed E-state index contributed by atoms with van der Waals surface area (Å²) in [6, 6.07) is 0. The first kappa shape index (κ1) is 10.4. The second kappa shape index (κ2) is 3.81. The lowest BCUT2D eigenvalue weighted by molar-refractivity contribution is 0.832. The summed E-state index contributed by atoms with van der Waals surface area (Å²) in [5.74, 6) is 0.423. The summed E-state index contributed by atoms with van der Waals surface area (Å²) in [5, 5.41) is 2.90. The highest BCUT2D eigenvalue weighted by Gasteiger charge is 2.09. The van der Waals surface area contributed by atoms with Crippen molar-refractivity contribution in [3.63, 3.8) is 0 Å². The lowest BCUT2D eigenvalue weighted by Gasteiger charge is -1.96. The van der Waals surface area contributed by atoms with Gasteiger partial charge in [-0.1, -0.05) is 0 Å². The van der Waals surface area contributed by atoms with Crippen LogP contribution in [-0.2, 0) is 7.05 Å². The third kappa shape index (κ3) is 1.58. The first-order chi connectivity index (χ1) is 7.63. The van der Waals surface area contributed by atoms with Crippen LogP contribution in [0.2, 0.25) is 0 Å². The Morgan fingerprint density at radius 3 is 2.88 bits per heavy atom. The third-order valence-electron chi connectivity index (χ3n) is 2.19. The maximum atomic E-state index is 11.4. The van der Waals surface area contributed by atoms with Gasteiger partial charge in [0.15, 0.2) is 11.2 Å². The summed E-state index contributed by atoms with van der Waals surface area (Å²) in [5.41, 5.74) is 4.93. The van der Waals surface area contributed by atoms with Crippen molar-refractivity contribution in [1.29, 1.82) is 0 Å². The molecule has 8 heteroatoms. The zero-order valence-electron chi connectivity index (χ0n) is 8.70. The quantitative estimate of drug-likeness (QED) is 0.496. The van der Waals surface area contributed by atoms with Crippen molar-refractivity contribution in [2.24, 2.45) is 12.8 Å². The number of hydrogen-bond donors (Lipinski definition) is 4. The van der Waals surface area contributed by atoms with Crippen LogP contribution in [0.3, 0.4) is 0 Å². The molecule has 0 saturated carbocycles. The minimum absolute atomic E-state index is 0.265. The van der Waals surface area contributed by atoms with Gasteiger partial charge in [-0.25, -0.2) is 4.79 Å². The monoisotopic (exact) mass is 224 g/mol. The van der Waals surface area contributed by atoms with E-state index < -0.39 is 11.2 Å². The van der Waals surface area contributed by atoms with Gasteiger partial charge >= 0.3 is 5.69 Å². The van der Waals surface area contributed by atoms with Gasteiger partial charge in [-0.15, -0.1) is 0 Å². The summed E-state index contributed by atoms with van der Waals surface area (Å²) in [7, 11) is 1.54. The SMILES string of the molecule is Cn1c(=O)[nH]c(=O)c2[nH]c(NCCN)nc21. The Morgan fingerprint density at radius 1 is 1.44 bits per heavy atom. The molecule has 0 unspecified atom stereocenters. The van der Waals surface area contributed by atoms with Crippen molar-refractivity contribution in [3.8, 4) is 0 Å². The predicted octanol–water partition coefficient (Wildman–Crippen LogP) is -1.68. The van der Waals surface area contributed by atoms with Gasteiger partial charge in [-0.2, -0.15) is 4.98 Å². The fourth-order valence-corrected chi connectivity index (χ4v) is 1.38. The molecule has 0 fully saturated rings. The molecule has 2 rings (SSSR count). The van der Waals surface area contributed by atoms with Crippen LogP contribution >= 0.6 is 0 Å². The largest absolute Gasteiger partial charge is 0.354 e. The summed E-state index contributed by atoms with van der Waals surface area (Å²) in [4.78, 5) is 31.8. The van der Waals surface area contributed by atoms with Crippen LogP contribution in [0.15, 0.2) is 9.59 Å². The van der Waals surface area contributed by atoms with E-state index in [1.807, 2.05) is 0 Å². The maximum Gasteiger partial charge on any atom is 0.329 e. The maximum absolute atomic E-state index is 11.4. The molecule has 0 aliphatic rings.